The van der Waals surface area contributed by atoms with Crippen LogP contribution in [0.4, 0.5) is 21.0 Å². The highest BCUT2D eigenvalue weighted by atomic mass is 32.2. The lowest BCUT2D eigenvalue weighted by Crippen LogP contribution is -2.50. The molecule has 210 valence electrons. The van der Waals surface area contributed by atoms with Gasteiger partial charge in [-0.1, -0.05) is 45.6 Å². The number of primary amides is 1. The molecule has 2 aromatic rings. The molecule has 0 spiro atoms. The van der Waals surface area contributed by atoms with Crippen molar-refractivity contribution in [2.75, 3.05) is 21.8 Å². The summed E-state index contributed by atoms with van der Waals surface area (Å²) in [5.41, 5.74) is 7.71. The van der Waals surface area contributed by atoms with Crippen LogP contribution in [0.15, 0.2) is 48.5 Å². The Labute approximate surface area is 223 Å². The molecule has 0 saturated carbocycles. The number of benzene rings is 2. The summed E-state index contributed by atoms with van der Waals surface area (Å²) in [5.74, 6) is -0.230. The van der Waals surface area contributed by atoms with E-state index in [0.29, 0.717) is 12.8 Å². The van der Waals surface area contributed by atoms with Crippen molar-refractivity contribution in [1.29, 1.82) is 0 Å². The van der Waals surface area contributed by atoms with Crippen molar-refractivity contribution < 1.29 is 34.8 Å². The molecule has 0 fully saturated rings. The van der Waals surface area contributed by atoms with Crippen molar-refractivity contribution in [1.82, 2.24) is 5.43 Å². The Hall–Kier alpha value is -3.52. The normalized spacial score (nSPS) is 11.4. The van der Waals surface area contributed by atoms with Gasteiger partial charge in [0.2, 0.25) is 0 Å². The number of nitrogens with two attached hydrogens (primary N) is 1. The van der Waals surface area contributed by atoms with Gasteiger partial charge in [-0.3, -0.25) is 0 Å². The fourth-order valence-electron chi connectivity index (χ4n) is 3.22. The Bertz CT molecular complexity index is 1280. The van der Waals surface area contributed by atoms with Gasteiger partial charge in [0.15, 0.2) is 0 Å². The van der Waals surface area contributed by atoms with E-state index < -0.39 is 32.3 Å². The SMILES string of the molecule is CCCCCS(=O)(=O)Oc1ccc(NC(=O)N(NC(N)=O)c2cccc(OS(=O)(=O)CCCCC)c2)cc1. The summed E-state index contributed by atoms with van der Waals surface area (Å²) in [4.78, 5) is 24.5. The van der Waals surface area contributed by atoms with Crippen molar-refractivity contribution in [2.45, 2.75) is 52.4 Å². The molecule has 0 aliphatic carbocycles. The minimum Gasteiger partial charge on any atom is -0.382 e. The zero-order valence-corrected chi connectivity index (χ0v) is 23.0. The standard InChI is InChI=1S/C24H34N4O8S2/c1-3-5-7-16-37(31,32)35-21-14-12-19(13-15-21)26-24(30)28(27-23(25)29)20-10-9-11-22(18-20)36-38(33,34)17-8-6-4-2/h9-15,18H,3-8,16-17H2,1-2H3,(H,26,30)(H3,25,27,29). The molecule has 4 N–H and O–H groups in total. The quantitative estimate of drug-likeness (QED) is 0.173. The predicted octanol–water partition coefficient (Wildman–Crippen LogP) is 4.11. The van der Waals surface area contributed by atoms with E-state index in [4.69, 9.17) is 14.1 Å². The molecular formula is C24H34N4O8S2. The molecule has 0 atom stereocenters. The van der Waals surface area contributed by atoms with Crippen LogP contribution in [0.3, 0.4) is 0 Å². The van der Waals surface area contributed by atoms with Crippen LogP contribution in [0.5, 0.6) is 11.5 Å². The number of hydrogen-bond donors (Lipinski definition) is 3. The van der Waals surface area contributed by atoms with E-state index in [1.807, 2.05) is 13.8 Å². The molecular weight excluding hydrogens is 536 g/mol. The second-order valence-corrected chi connectivity index (χ2v) is 11.7. The number of hydrogen-bond acceptors (Lipinski definition) is 8. The summed E-state index contributed by atoms with van der Waals surface area (Å²) in [6, 6.07) is 9.23. The van der Waals surface area contributed by atoms with Crippen LogP contribution in [0.2, 0.25) is 0 Å². The highest BCUT2D eigenvalue weighted by Gasteiger charge is 2.20. The number of nitrogens with zero attached hydrogens (tertiary/aromatic N) is 1. The van der Waals surface area contributed by atoms with Gasteiger partial charge < -0.3 is 19.4 Å². The maximum Gasteiger partial charge on any atom is 0.345 e. The van der Waals surface area contributed by atoms with Crippen LogP contribution in [0, 0.1) is 0 Å². The topological polar surface area (TPSA) is 174 Å². The summed E-state index contributed by atoms with van der Waals surface area (Å²) >= 11 is 0. The molecule has 0 aliphatic rings. The van der Waals surface area contributed by atoms with Gasteiger partial charge in [0.05, 0.1) is 17.2 Å². The molecule has 2 aromatic carbocycles. The van der Waals surface area contributed by atoms with Crippen molar-refractivity contribution in [2.24, 2.45) is 5.73 Å². The lowest BCUT2D eigenvalue weighted by atomic mass is 10.3. The zero-order valence-electron chi connectivity index (χ0n) is 21.4. The lowest BCUT2D eigenvalue weighted by molar-refractivity contribution is 0.241. The summed E-state index contributed by atoms with van der Waals surface area (Å²) in [6.07, 6.45) is 4.18. The van der Waals surface area contributed by atoms with E-state index >= 15 is 0 Å². The fourth-order valence-corrected chi connectivity index (χ4v) is 5.31. The van der Waals surface area contributed by atoms with Gasteiger partial charge in [-0.2, -0.15) is 16.8 Å². The number of nitrogens with one attached hydrogen (secondary N) is 2. The first-order chi connectivity index (χ1) is 17.9. The predicted molar refractivity (Wildman–Crippen MR) is 145 cm³/mol. The number of anilines is 2. The monoisotopic (exact) mass is 570 g/mol. The van der Waals surface area contributed by atoms with Gasteiger partial charge in [0.1, 0.15) is 11.5 Å². The van der Waals surface area contributed by atoms with Gasteiger partial charge >= 0.3 is 32.3 Å². The molecule has 0 bridgehead atoms. The third-order valence-corrected chi connectivity index (χ3v) is 7.52. The highest BCUT2D eigenvalue weighted by molar-refractivity contribution is 7.87. The largest absolute Gasteiger partial charge is 0.382 e. The van der Waals surface area contributed by atoms with Crippen molar-refractivity contribution >= 4 is 43.7 Å². The van der Waals surface area contributed by atoms with Crippen LogP contribution in [-0.4, -0.2) is 40.4 Å². The van der Waals surface area contributed by atoms with Crippen molar-refractivity contribution in [3.8, 4) is 11.5 Å². The Morgan fingerprint density at radius 3 is 1.89 bits per heavy atom. The van der Waals surface area contributed by atoms with Gasteiger partial charge in [-0.15, -0.1) is 0 Å². The molecule has 2 rings (SSSR count). The smallest absolute Gasteiger partial charge is 0.345 e. The van der Waals surface area contributed by atoms with E-state index in [2.05, 4.69) is 10.7 Å². The molecule has 0 unspecified atom stereocenters. The number of rotatable bonds is 14. The third kappa shape index (κ3) is 10.8. The summed E-state index contributed by atoms with van der Waals surface area (Å²) in [7, 11) is -7.59. The van der Waals surface area contributed by atoms with E-state index in [9.17, 15) is 26.4 Å². The second kappa shape index (κ2) is 14.4. The first-order valence-corrected chi connectivity index (χ1v) is 15.3. The molecule has 12 nitrogen and oxygen atoms in total. The van der Waals surface area contributed by atoms with Crippen LogP contribution in [-0.2, 0) is 20.2 Å². The Balaban J connectivity index is 2.13. The van der Waals surface area contributed by atoms with E-state index in [-0.39, 0.29) is 34.4 Å². The third-order valence-electron chi connectivity index (χ3n) is 5.05. The molecule has 0 aromatic heterocycles. The molecule has 0 heterocycles. The van der Waals surface area contributed by atoms with Crippen LogP contribution < -0.4 is 29.9 Å². The minimum absolute atomic E-state index is 0.0512. The average Bonchev–Trinajstić information content (AvgIpc) is 2.83. The van der Waals surface area contributed by atoms with Gasteiger partial charge in [0, 0.05) is 11.8 Å². The number of hydrazine groups is 1. The molecule has 0 aliphatic heterocycles. The van der Waals surface area contributed by atoms with Crippen LogP contribution in [0.25, 0.3) is 0 Å². The number of carbonyl (C=O) groups is 2. The molecule has 14 heteroatoms. The number of urea groups is 2. The number of carbonyl (C=O) groups excluding carboxylic acids is 2. The fraction of sp³-hybridized carbons (Fsp3) is 0.417. The Kier molecular flexibility index (Phi) is 11.7. The van der Waals surface area contributed by atoms with Crippen molar-refractivity contribution in [3.63, 3.8) is 0 Å². The number of unbranched alkanes of at least 4 members (excludes halogenated alkanes) is 4. The highest BCUT2D eigenvalue weighted by Crippen LogP contribution is 2.24. The average molecular weight is 571 g/mol. The maximum absolute atomic E-state index is 12.9. The van der Waals surface area contributed by atoms with E-state index in [1.165, 1.54) is 48.5 Å². The lowest BCUT2D eigenvalue weighted by Gasteiger charge is -2.23. The van der Waals surface area contributed by atoms with E-state index in [1.54, 1.807) is 0 Å². The number of amides is 4. The Morgan fingerprint density at radius 1 is 0.816 bits per heavy atom. The summed E-state index contributed by atoms with van der Waals surface area (Å²) in [6.45, 7) is 3.91. The van der Waals surface area contributed by atoms with Gasteiger partial charge in [-0.05, 0) is 49.2 Å². The zero-order chi connectivity index (χ0) is 28.2. The van der Waals surface area contributed by atoms with E-state index in [0.717, 1.165) is 30.7 Å². The maximum atomic E-state index is 12.9. The van der Waals surface area contributed by atoms with Gasteiger partial charge in [0.25, 0.3) is 0 Å². The first-order valence-electron chi connectivity index (χ1n) is 12.2. The van der Waals surface area contributed by atoms with Crippen LogP contribution in [0.1, 0.15) is 52.4 Å². The summed E-state index contributed by atoms with van der Waals surface area (Å²) < 4.78 is 58.8. The first kappa shape index (κ1) is 30.7. The second-order valence-electron chi connectivity index (χ2n) is 8.37. The minimum atomic E-state index is -3.85. The Morgan fingerprint density at radius 2 is 1.37 bits per heavy atom. The summed E-state index contributed by atoms with van der Waals surface area (Å²) in [5, 5.41) is 3.31. The van der Waals surface area contributed by atoms with Crippen molar-refractivity contribution in [3.05, 3.63) is 48.5 Å². The van der Waals surface area contributed by atoms with Gasteiger partial charge in [-0.25, -0.2) is 20.0 Å². The molecule has 0 radical (unpaired) electrons. The van der Waals surface area contributed by atoms with Crippen LogP contribution >= 0.6 is 0 Å². The molecule has 38 heavy (non-hydrogen) atoms. The molecule has 4 amide bonds. The molecule has 0 saturated heterocycles.